The molecule has 8 N–H and O–H groups in total. The van der Waals surface area contributed by atoms with Crippen molar-refractivity contribution in [3.8, 4) is 0 Å². The highest BCUT2D eigenvalue weighted by Gasteiger charge is 2.45. The minimum Gasteiger partial charge on any atom is -0.481 e. The summed E-state index contributed by atoms with van der Waals surface area (Å²) in [6.07, 6.45) is 25.1. The third-order valence-electron chi connectivity index (χ3n) is 13.5. The van der Waals surface area contributed by atoms with Crippen molar-refractivity contribution in [1.82, 2.24) is 10.6 Å². The Balaban J connectivity index is 1.20. The molecule has 10 atom stereocenters. The Kier molecular flexibility index (Phi) is 19.1. The number of nitrogens with one attached hydrogen (secondary N) is 2. The lowest BCUT2D eigenvalue weighted by atomic mass is 9.81. The van der Waals surface area contributed by atoms with Gasteiger partial charge in [0.1, 0.15) is 5.78 Å². The van der Waals surface area contributed by atoms with Crippen LogP contribution >= 0.6 is 0 Å². The number of nitrogens with two attached hydrogens (primary N) is 1. The van der Waals surface area contributed by atoms with Gasteiger partial charge in [-0.3, -0.25) is 9.59 Å². The van der Waals surface area contributed by atoms with Crippen molar-refractivity contribution >= 4 is 11.8 Å². The van der Waals surface area contributed by atoms with Gasteiger partial charge in [0.25, 0.3) is 0 Å². The number of Topliss-reactive ketones (excluding diaryl/α,β-unsaturated/α-hetero) is 1. The Labute approximate surface area is 315 Å². The van der Waals surface area contributed by atoms with E-state index in [1.54, 1.807) is 0 Å². The molecule has 4 rings (SSSR count). The van der Waals surface area contributed by atoms with Gasteiger partial charge in [-0.05, 0) is 133 Å². The van der Waals surface area contributed by atoms with Crippen molar-refractivity contribution in [3.63, 3.8) is 0 Å². The maximum atomic E-state index is 12.7. The number of hydrogen-bond donors (Lipinski definition) is 7. The predicted octanol–water partition coefficient (Wildman–Crippen LogP) is 6.86. The number of carbonyl (C=O) groups excluding carboxylic acids is 1. The molecule has 9 heteroatoms. The van der Waals surface area contributed by atoms with E-state index in [-0.39, 0.29) is 30.5 Å². The predicted molar refractivity (Wildman–Crippen MR) is 209 cm³/mol. The molecule has 1 aliphatic heterocycles. The molecule has 300 valence electrons. The summed E-state index contributed by atoms with van der Waals surface area (Å²) in [5.74, 6) is 0.713. The van der Waals surface area contributed by atoms with Crippen LogP contribution in [0, 0.1) is 41.4 Å². The average molecular weight is 732 g/mol. The first-order valence-corrected chi connectivity index (χ1v) is 21.8. The molecule has 0 aromatic heterocycles. The molecule has 2 saturated carbocycles. The zero-order valence-electron chi connectivity index (χ0n) is 32.7. The van der Waals surface area contributed by atoms with Gasteiger partial charge in [-0.25, -0.2) is 0 Å². The lowest BCUT2D eigenvalue weighted by Gasteiger charge is -2.31. The van der Waals surface area contributed by atoms with Gasteiger partial charge >= 0.3 is 5.97 Å². The average Bonchev–Trinajstić information content (AvgIpc) is 3.44. The summed E-state index contributed by atoms with van der Waals surface area (Å²) in [5, 5.41) is 50.7. The van der Waals surface area contributed by atoms with Crippen LogP contribution in [-0.4, -0.2) is 75.8 Å². The second-order valence-corrected chi connectivity index (χ2v) is 17.7. The second-order valence-electron chi connectivity index (χ2n) is 17.7. The first kappa shape index (κ1) is 43.4. The summed E-state index contributed by atoms with van der Waals surface area (Å²) in [4.78, 5) is 24.9. The number of carboxylic acid groups (broad SMARTS) is 1. The van der Waals surface area contributed by atoms with Crippen molar-refractivity contribution in [1.29, 1.82) is 0 Å². The molecule has 3 fully saturated rings. The molecule has 10 unspecified atom stereocenters. The standard InChI is InChI=1S/C43H77N3O6/c1-2-3-6-12-31-18-19-34(40(49)26-31)15-9-5-10-16-37(42(50)51)39(48)20-22-43(52)28-35(25-32-21-24-46-41(44)27-32)36(29-43)30-45-23-11-17-38(47)33-13-7-4-8-14-33/h18-19,31-37,39-41,45-46,48-49,52H,2-17,20-30,44H2,1H3,(H,50,51). The van der Waals surface area contributed by atoms with Crippen LogP contribution in [0.2, 0.25) is 0 Å². The highest BCUT2D eigenvalue weighted by atomic mass is 16.4. The van der Waals surface area contributed by atoms with Gasteiger partial charge in [0.15, 0.2) is 0 Å². The SMILES string of the molecule is CCCCCC1C=CC(CCCCCC(C(=O)O)C(O)CCC2(O)CC(CNCCCC(=O)C3CCCCC3)C(CC3CCNC(N)C3)C2)C(O)C1. The Hall–Kier alpha value is -1.36. The summed E-state index contributed by atoms with van der Waals surface area (Å²) in [6, 6.07) is 0. The van der Waals surface area contributed by atoms with Crippen LogP contribution in [0.3, 0.4) is 0 Å². The molecular weight excluding hydrogens is 654 g/mol. The monoisotopic (exact) mass is 732 g/mol. The van der Waals surface area contributed by atoms with Crippen LogP contribution in [-0.2, 0) is 9.59 Å². The van der Waals surface area contributed by atoms with Crippen LogP contribution in [0.4, 0.5) is 0 Å². The quantitative estimate of drug-likeness (QED) is 0.0415. The highest BCUT2D eigenvalue weighted by Crippen LogP contribution is 2.46. The van der Waals surface area contributed by atoms with E-state index in [2.05, 4.69) is 29.7 Å². The summed E-state index contributed by atoms with van der Waals surface area (Å²) in [6.45, 7) is 4.73. The molecule has 3 aliphatic carbocycles. The molecule has 0 radical (unpaired) electrons. The molecule has 9 nitrogen and oxygen atoms in total. The molecule has 0 aromatic carbocycles. The fourth-order valence-electron chi connectivity index (χ4n) is 10.3. The van der Waals surface area contributed by atoms with Gasteiger partial charge in [0.05, 0.1) is 29.9 Å². The maximum absolute atomic E-state index is 12.7. The van der Waals surface area contributed by atoms with Crippen LogP contribution < -0.4 is 16.4 Å². The number of hydrogen-bond acceptors (Lipinski definition) is 8. The lowest BCUT2D eigenvalue weighted by molar-refractivity contribution is -0.146. The van der Waals surface area contributed by atoms with Crippen molar-refractivity contribution in [2.24, 2.45) is 47.2 Å². The Morgan fingerprint density at radius 1 is 0.942 bits per heavy atom. The Morgan fingerprint density at radius 2 is 1.71 bits per heavy atom. The van der Waals surface area contributed by atoms with Gasteiger partial charge in [-0.1, -0.05) is 76.9 Å². The lowest BCUT2D eigenvalue weighted by Crippen LogP contribution is -2.44. The first-order valence-electron chi connectivity index (χ1n) is 21.8. The van der Waals surface area contributed by atoms with Gasteiger partial charge in [-0.15, -0.1) is 0 Å². The fraction of sp³-hybridized carbons (Fsp3) is 0.907. The number of unbranched alkanes of at least 4 members (excludes halogenated alkanes) is 4. The number of carboxylic acids is 1. The van der Waals surface area contributed by atoms with Crippen molar-refractivity contribution in [2.75, 3.05) is 19.6 Å². The summed E-state index contributed by atoms with van der Waals surface area (Å²) in [7, 11) is 0. The third kappa shape index (κ3) is 14.7. The number of aliphatic hydroxyl groups excluding tert-OH is 2. The van der Waals surface area contributed by atoms with Gasteiger partial charge in [0, 0.05) is 18.3 Å². The van der Waals surface area contributed by atoms with Gasteiger partial charge < -0.3 is 36.8 Å². The van der Waals surface area contributed by atoms with Crippen LogP contribution in [0.1, 0.15) is 161 Å². The van der Waals surface area contributed by atoms with E-state index >= 15 is 0 Å². The largest absolute Gasteiger partial charge is 0.481 e. The van der Waals surface area contributed by atoms with Crippen LogP contribution in [0.15, 0.2) is 12.2 Å². The minimum absolute atomic E-state index is 0.0176. The van der Waals surface area contributed by atoms with E-state index in [1.807, 2.05) is 0 Å². The number of aliphatic hydroxyl groups is 3. The second kappa shape index (κ2) is 22.9. The zero-order valence-corrected chi connectivity index (χ0v) is 32.7. The topological polar surface area (TPSA) is 165 Å². The fourth-order valence-corrected chi connectivity index (χ4v) is 10.3. The van der Waals surface area contributed by atoms with Gasteiger partial charge in [-0.2, -0.15) is 0 Å². The normalized spacial score (nSPS) is 32.5. The Morgan fingerprint density at radius 3 is 2.44 bits per heavy atom. The molecule has 0 amide bonds. The third-order valence-corrected chi connectivity index (χ3v) is 13.5. The molecule has 4 aliphatic rings. The van der Waals surface area contributed by atoms with Crippen molar-refractivity contribution < 1.29 is 30.0 Å². The van der Waals surface area contributed by atoms with Crippen molar-refractivity contribution in [2.45, 2.75) is 185 Å². The maximum Gasteiger partial charge on any atom is 0.309 e. The van der Waals surface area contributed by atoms with Crippen LogP contribution in [0.5, 0.6) is 0 Å². The number of carbonyl (C=O) groups is 2. The van der Waals surface area contributed by atoms with Gasteiger partial charge in [0.2, 0.25) is 0 Å². The molecule has 1 heterocycles. The number of allylic oxidation sites excluding steroid dienone is 1. The first-order chi connectivity index (χ1) is 25.1. The van der Waals surface area contributed by atoms with E-state index in [0.29, 0.717) is 61.6 Å². The highest BCUT2D eigenvalue weighted by molar-refractivity contribution is 5.81. The number of rotatable bonds is 24. The van der Waals surface area contributed by atoms with E-state index in [9.17, 15) is 30.0 Å². The molecule has 0 bridgehead atoms. The summed E-state index contributed by atoms with van der Waals surface area (Å²) in [5.41, 5.74) is 5.32. The molecular formula is C43H77N3O6. The van der Waals surface area contributed by atoms with Crippen molar-refractivity contribution in [3.05, 3.63) is 12.2 Å². The minimum atomic E-state index is -0.992. The van der Waals surface area contributed by atoms with E-state index in [1.165, 1.54) is 38.5 Å². The number of piperidine rings is 1. The summed E-state index contributed by atoms with van der Waals surface area (Å²) < 4.78 is 0. The van der Waals surface area contributed by atoms with E-state index in [4.69, 9.17) is 5.73 Å². The molecule has 52 heavy (non-hydrogen) atoms. The van der Waals surface area contributed by atoms with E-state index in [0.717, 1.165) is 96.7 Å². The summed E-state index contributed by atoms with van der Waals surface area (Å²) >= 11 is 0. The molecule has 1 saturated heterocycles. The van der Waals surface area contributed by atoms with E-state index < -0.39 is 23.6 Å². The number of aliphatic carboxylic acids is 1. The van der Waals surface area contributed by atoms with Crippen LogP contribution in [0.25, 0.3) is 0 Å². The molecule has 0 spiro atoms. The molecule has 0 aromatic rings. The zero-order chi connectivity index (χ0) is 37.3. The smallest absolute Gasteiger partial charge is 0.309 e. The number of ketones is 1. The Bertz CT molecular complexity index is 1070.